The molecule has 2 rings (SSSR count). The first-order valence-corrected chi connectivity index (χ1v) is 6.86. The Labute approximate surface area is 120 Å². The van der Waals surface area contributed by atoms with Crippen molar-refractivity contribution >= 4 is 29.2 Å². The number of nitrogens with zero attached hydrogens (tertiary/aromatic N) is 1. The zero-order valence-corrected chi connectivity index (χ0v) is 12.0. The number of nitrogens with two attached hydrogens (primary N) is 1. The molecule has 1 amide bonds. The Morgan fingerprint density at radius 2 is 2.30 bits per heavy atom. The lowest BCUT2D eigenvalue weighted by molar-refractivity contribution is -0.113. The number of amides is 1. The van der Waals surface area contributed by atoms with Gasteiger partial charge in [-0.3, -0.25) is 10.1 Å². The summed E-state index contributed by atoms with van der Waals surface area (Å²) in [6, 6.07) is 6.98. The normalized spacial score (nSPS) is 10.3. The van der Waals surface area contributed by atoms with E-state index in [4.69, 9.17) is 15.0 Å². The van der Waals surface area contributed by atoms with Gasteiger partial charge in [0.2, 0.25) is 11.8 Å². The Morgan fingerprint density at radius 3 is 2.95 bits per heavy atom. The lowest BCUT2D eigenvalue weighted by Crippen LogP contribution is -2.13. The van der Waals surface area contributed by atoms with Gasteiger partial charge in [-0.25, -0.2) is 0 Å². The monoisotopic (exact) mass is 293 g/mol. The maximum absolute atomic E-state index is 11.8. The standard InChI is InChI=1S/C13H15N3O3S/c1-8-5-13(19-16-8)15-12(17)7-20-11-6-9(18-2)3-4-10(11)14/h3-6H,7,14H2,1-2H3,(H,15,17). The van der Waals surface area contributed by atoms with Gasteiger partial charge in [0, 0.05) is 16.6 Å². The summed E-state index contributed by atoms with van der Waals surface area (Å²) in [7, 11) is 1.58. The Morgan fingerprint density at radius 1 is 1.50 bits per heavy atom. The molecule has 0 spiro atoms. The fraction of sp³-hybridized carbons (Fsp3) is 0.231. The highest BCUT2D eigenvalue weighted by molar-refractivity contribution is 8.00. The van der Waals surface area contributed by atoms with Crippen molar-refractivity contribution in [1.82, 2.24) is 5.16 Å². The van der Waals surface area contributed by atoms with Crippen LogP contribution in [0.1, 0.15) is 5.69 Å². The van der Waals surface area contributed by atoms with Crippen LogP contribution in [-0.4, -0.2) is 23.9 Å². The number of carbonyl (C=O) groups is 1. The second-order valence-corrected chi connectivity index (χ2v) is 5.09. The average Bonchev–Trinajstić information content (AvgIpc) is 2.83. The maximum Gasteiger partial charge on any atom is 0.237 e. The fourth-order valence-corrected chi connectivity index (χ4v) is 2.30. The molecule has 0 saturated carbocycles. The molecule has 1 heterocycles. The summed E-state index contributed by atoms with van der Waals surface area (Å²) in [5.74, 6) is 1.07. The van der Waals surface area contributed by atoms with Gasteiger partial charge in [0.05, 0.1) is 18.6 Å². The summed E-state index contributed by atoms with van der Waals surface area (Å²) in [4.78, 5) is 12.6. The van der Waals surface area contributed by atoms with Crippen LogP contribution in [0.3, 0.4) is 0 Å². The molecule has 3 N–H and O–H groups in total. The van der Waals surface area contributed by atoms with E-state index in [0.717, 1.165) is 4.90 Å². The third-order valence-corrected chi connectivity index (χ3v) is 3.54. The highest BCUT2D eigenvalue weighted by atomic mass is 32.2. The molecule has 6 nitrogen and oxygen atoms in total. The molecular weight excluding hydrogens is 278 g/mol. The summed E-state index contributed by atoms with van der Waals surface area (Å²) in [6.45, 7) is 1.78. The molecule has 0 unspecified atom stereocenters. The quantitative estimate of drug-likeness (QED) is 0.649. The van der Waals surface area contributed by atoms with E-state index < -0.39 is 0 Å². The number of benzene rings is 1. The van der Waals surface area contributed by atoms with Crippen molar-refractivity contribution in [2.75, 3.05) is 23.9 Å². The molecule has 0 fully saturated rings. The number of carbonyl (C=O) groups excluding carboxylic acids is 1. The van der Waals surface area contributed by atoms with Gasteiger partial charge in [-0.05, 0) is 25.1 Å². The Bertz CT molecular complexity index is 613. The summed E-state index contributed by atoms with van der Waals surface area (Å²) in [5.41, 5.74) is 7.17. The van der Waals surface area contributed by atoms with Gasteiger partial charge in [0.25, 0.3) is 0 Å². The van der Waals surface area contributed by atoms with Gasteiger partial charge in [-0.1, -0.05) is 5.16 Å². The topological polar surface area (TPSA) is 90.4 Å². The molecule has 0 aliphatic heterocycles. The van der Waals surface area contributed by atoms with Gasteiger partial charge >= 0.3 is 0 Å². The number of hydrogen-bond donors (Lipinski definition) is 2. The highest BCUT2D eigenvalue weighted by Gasteiger charge is 2.09. The van der Waals surface area contributed by atoms with E-state index in [1.165, 1.54) is 11.8 Å². The smallest absolute Gasteiger partial charge is 0.237 e. The summed E-state index contributed by atoms with van der Waals surface area (Å²) in [5, 5.41) is 6.31. The van der Waals surface area contributed by atoms with Crippen LogP contribution in [0.2, 0.25) is 0 Å². The van der Waals surface area contributed by atoms with Crippen LogP contribution >= 0.6 is 11.8 Å². The van der Waals surface area contributed by atoms with Gasteiger partial charge in [0.15, 0.2) is 0 Å². The zero-order valence-electron chi connectivity index (χ0n) is 11.2. The minimum absolute atomic E-state index is 0.187. The van der Waals surface area contributed by atoms with Crippen molar-refractivity contribution in [1.29, 1.82) is 0 Å². The number of aromatic nitrogens is 1. The summed E-state index contributed by atoms with van der Waals surface area (Å²) >= 11 is 1.33. The predicted molar refractivity (Wildman–Crippen MR) is 78.0 cm³/mol. The molecule has 0 bridgehead atoms. The highest BCUT2D eigenvalue weighted by Crippen LogP contribution is 2.29. The van der Waals surface area contributed by atoms with E-state index in [1.807, 2.05) is 0 Å². The molecular formula is C13H15N3O3S. The van der Waals surface area contributed by atoms with Crippen molar-refractivity contribution in [2.24, 2.45) is 0 Å². The SMILES string of the molecule is COc1ccc(N)c(SCC(=O)Nc2cc(C)no2)c1. The predicted octanol–water partition coefficient (Wildman–Crippen LogP) is 2.30. The first kappa shape index (κ1) is 14.3. The van der Waals surface area contributed by atoms with Crippen LogP contribution in [-0.2, 0) is 4.79 Å². The number of hydrogen-bond acceptors (Lipinski definition) is 6. The Balaban J connectivity index is 1.93. The van der Waals surface area contributed by atoms with E-state index in [9.17, 15) is 4.79 Å². The average molecular weight is 293 g/mol. The van der Waals surface area contributed by atoms with Crippen molar-refractivity contribution in [3.8, 4) is 5.75 Å². The van der Waals surface area contributed by atoms with E-state index in [-0.39, 0.29) is 11.7 Å². The maximum atomic E-state index is 11.8. The molecule has 0 radical (unpaired) electrons. The Hall–Kier alpha value is -2.15. The third kappa shape index (κ3) is 3.67. The van der Waals surface area contributed by atoms with E-state index >= 15 is 0 Å². The molecule has 7 heteroatoms. The second kappa shape index (κ2) is 6.33. The van der Waals surface area contributed by atoms with Crippen LogP contribution < -0.4 is 15.8 Å². The number of ether oxygens (including phenoxy) is 1. The van der Waals surface area contributed by atoms with Gasteiger partial charge in [-0.2, -0.15) is 0 Å². The van der Waals surface area contributed by atoms with Crippen molar-refractivity contribution in [3.63, 3.8) is 0 Å². The van der Waals surface area contributed by atoms with Crippen LogP contribution in [0.25, 0.3) is 0 Å². The number of rotatable bonds is 5. The van der Waals surface area contributed by atoms with Crippen molar-refractivity contribution in [3.05, 3.63) is 30.0 Å². The molecule has 1 aromatic carbocycles. The van der Waals surface area contributed by atoms with Gasteiger partial charge in [0.1, 0.15) is 5.75 Å². The molecule has 0 aliphatic rings. The molecule has 0 atom stereocenters. The number of nitrogen functional groups attached to an aromatic ring is 1. The first-order valence-electron chi connectivity index (χ1n) is 5.88. The van der Waals surface area contributed by atoms with E-state index in [2.05, 4.69) is 10.5 Å². The zero-order chi connectivity index (χ0) is 14.5. The van der Waals surface area contributed by atoms with Crippen LogP contribution in [0, 0.1) is 6.92 Å². The molecule has 2 aromatic rings. The van der Waals surface area contributed by atoms with Gasteiger partial charge < -0.3 is 15.0 Å². The van der Waals surface area contributed by atoms with Crippen LogP contribution in [0.5, 0.6) is 5.75 Å². The van der Waals surface area contributed by atoms with Crippen LogP contribution in [0.15, 0.2) is 33.7 Å². The number of nitrogens with one attached hydrogen (secondary N) is 1. The molecule has 0 saturated heterocycles. The number of aryl methyl sites for hydroxylation is 1. The van der Waals surface area contributed by atoms with Crippen molar-refractivity contribution < 1.29 is 14.1 Å². The molecule has 0 aliphatic carbocycles. The lowest BCUT2D eigenvalue weighted by atomic mass is 10.3. The molecule has 1 aromatic heterocycles. The van der Waals surface area contributed by atoms with Gasteiger partial charge in [-0.15, -0.1) is 11.8 Å². The number of methoxy groups -OCH3 is 1. The Kier molecular flexibility index (Phi) is 4.52. The summed E-state index contributed by atoms with van der Waals surface area (Å²) < 4.78 is 10.0. The molecule has 106 valence electrons. The number of anilines is 2. The first-order chi connectivity index (χ1) is 9.58. The lowest BCUT2D eigenvalue weighted by Gasteiger charge is -2.07. The second-order valence-electron chi connectivity index (χ2n) is 4.07. The van der Waals surface area contributed by atoms with Crippen molar-refractivity contribution in [2.45, 2.75) is 11.8 Å². The van der Waals surface area contributed by atoms with Crippen LogP contribution in [0.4, 0.5) is 11.6 Å². The largest absolute Gasteiger partial charge is 0.497 e. The summed E-state index contributed by atoms with van der Waals surface area (Å²) in [6.07, 6.45) is 0. The molecule has 20 heavy (non-hydrogen) atoms. The van der Waals surface area contributed by atoms with E-state index in [1.54, 1.807) is 38.3 Å². The fourth-order valence-electron chi connectivity index (χ4n) is 1.51. The van der Waals surface area contributed by atoms with E-state index in [0.29, 0.717) is 23.0 Å². The third-order valence-electron chi connectivity index (χ3n) is 2.47. The minimum atomic E-state index is -0.187. The number of thioether (sulfide) groups is 1. The minimum Gasteiger partial charge on any atom is -0.497 e.